The van der Waals surface area contributed by atoms with Crippen molar-refractivity contribution in [3.8, 4) is 0 Å². The van der Waals surface area contributed by atoms with Crippen molar-refractivity contribution in [1.82, 2.24) is 4.90 Å². The number of benzene rings is 1. The van der Waals surface area contributed by atoms with Crippen molar-refractivity contribution in [2.75, 3.05) is 7.05 Å². The molecule has 0 amide bonds. The summed E-state index contributed by atoms with van der Waals surface area (Å²) >= 11 is 0. The van der Waals surface area contributed by atoms with E-state index in [0.29, 0.717) is 6.42 Å². The van der Waals surface area contributed by atoms with Crippen LogP contribution in [-0.4, -0.2) is 11.9 Å². The molecule has 0 bridgehead atoms. The average Bonchev–Trinajstić information content (AvgIpc) is 2.19. The molecular formula is C12H16LiNO. The maximum absolute atomic E-state index is 11.1. The minimum atomic E-state index is 0. The van der Waals surface area contributed by atoms with Crippen LogP contribution in [0.3, 0.4) is 0 Å². The standard InChI is InChI=1S/C12H17NO.Li/c1-3-12(14)10-13(2)9-11-7-5-4-6-8-11;/h4-8,10,14H,3,9H2,1-2H3;/q;+1/p-1/b12-10-;. The van der Waals surface area contributed by atoms with Gasteiger partial charge in [-0.3, -0.25) is 0 Å². The molecule has 3 heteroatoms. The van der Waals surface area contributed by atoms with Crippen LogP contribution < -0.4 is 24.0 Å². The molecule has 0 saturated heterocycles. The summed E-state index contributed by atoms with van der Waals surface area (Å²) in [6.07, 6.45) is 2.23. The SMILES string of the molecule is CC/C([O-])=C/N(C)Cc1ccccc1.[Li+]. The molecule has 15 heavy (non-hydrogen) atoms. The number of nitrogens with zero attached hydrogens (tertiary/aromatic N) is 1. The molecule has 0 fully saturated rings. The number of rotatable bonds is 4. The molecule has 76 valence electrons. The molecule has 0 aliphatic carbocycles. The first-order chi connectivity index (χ1) is 6.72. The number of allylic oxidation sites excluding steroid dienone is 1. The fourth-order valence-corrected chi connectivity index (χ4v) is 1.25. The van der Waals surface area contributed by atoms with Crippen LogP contribution in [0.5, 0.6) is 0 Å². The normalized spacial score (nSPS) is 10.7. The van der Waals surface area contributed by atoms with E-state index in [1.807, 2.05) is 37.1 Å². The van der Waals surface area contributed by atoms with Crippen molar-refractivity contribution in [2.24, 2.45) is 0 Å². The largest absolute Gasteiger partial charge is 1.00 e. The van der Waals surface area contributed by atoms with Gasteiger partial charge in [-0.05, 0) is 18.2 Å². The fourth-order valence-electron chi connectivity index (χ4n) is 1.25. The maximum Gasteiger partial charge on any atom is 1.00 e. The molecule has 0 N–H and O–H groups in total. The van der Waals surface area contributed by atoms with Crippen LogP contribution in [0, 0.1) is 0 Å². The predicted molar refractivity (Wildman–Crippen MR) is 56.3 cm³/mol. The van der Waals surface area contributed by atoms with E-state index in [4.69, 9.17) is 0 Å². The zero-order valence-electron chi connectivity index (χ0n) is 9.73. The van der Waals surface area contributed by atoms with Gasteiger partial charge in [-0.1, -0.05) is 37.3 Å². The Kier molecular flexibility index (Phi) is 7.03. The Bertz CT molecular complexity index is 298. The Balaban J connectivity index is 0.00000196. The third kappa shape index (κ3) is 5.56. The summed E-state index contributed by atoms with van der Waals surface area (Å²) in [4.78, 5) is 1.92. The van der Waals surface area contributed by atoms with Crippen LogP contribution >= 0.6 is 0 Å². The molecule has 0 saturated carbocycles. The Labute approximate surface area is 104 Å². The van der Waals surface area contributed by atoms with Crippen LogP contribution in [0.2, 0.25) is 0 Å². The molecule has 0 heterocycles. The molecule has 1 rings (SSSR count). The van der Waals surface area contributed by atoms with E-state index in [1.165, 1.54) is 5.56 Å². The van der Waals surface area contributed by atoms with Gasteiger partial charge in [0.2, 0.25) is 0 Å². The summed E-state index contributed by atoms with van der Waals surface area (Å²) in [5, 5.41) is 11.1. The molecule has 0 aliphatic rings. The minimum absolute atomic E-state index is 0. The number of hydrogen-bond donors (Lipinski definition) is 0. The van der Waals surface area contributed by atoms with Crippen LogP contribution in [0.25, 0.3) is 0 Å². The molecule has 0 radical (unpaired) electrons. The van der Waals surface area contributed by atoms with Gasteiger partial charge in [-0.25, -0.2) is 0 Å². The Morgan fingerprint density at radius 3 is 2.47 bits per heavy atom. The fraction of sp³-hybridized carbons (Fsp3) is 0.333. The summed E-state index contributed by atoms with van der Waals surface area (Å²) in [6, 6.07) is 10.1. The van der Waals surface area contributed by atoms with E-state index in [0.717, 1.165) is 6.54 Å². The van der Waals surface area contributed by atoms with E-state index in [9.17, 15) is 5.11 Å². The van der Waals surface area contributed by atoms with Crippen molar-refractivity contribution in [3.05, 3.63) is 47.9 Å². The first-order valence-corrected chi connectivity index (χ1v) is 4.84. The van der Waals surface area contributed by atoms with E-state index < -0.39 is 0 Å². The first kappa shape index (κ1) is 14.2. The second-order valence-corrected chi connectivity index (χ2v) is 3.35. The second kappa shape index (κ2) is 7.45. The molecule has 0 spiro atoms. The quantitative estimate of drug-likeness (QED) is 0.444. The summed E-state index contributed by atoms with van der Waals surface area (Å²) in [5.41, 5.74) is 1.22. The summed E-state index contributed by atoms with van der Waals surface area (Å²) < 4.78 is 0. The van der Waals surface area contributed by atoms with Crippen LogP contribution in [0.15, 0.2) is 42.3 Å². The van der Waals surface area contributed by atoms with Gasteiger partial charge >= 0.3 is 18.9 Å². The van der Waals surface area contributed by atoms with Crippen molar-refractivity contribution in [3.63, 3.8) is 0 Å². The van der Waals surface area contributed by atoms with Crippen molar-refractivity contribution >= 4 is 0 Å². The molecule has 2 nitrogen and oxygen atoms in total. The van der Waals surface area contributed by atoms with E-state index in [2.05, 4.69) is 12.1 Å². The summed E-state index contributed by atoms with van der Waals surface area (Å²) in [6.45, 7) is 2.65. The summed E-state index contributed by atoms with van der Waals surface area (Å²) in [5.74, 6) is 0.170. The van der Waals surface area contributed by atoms with E-state index >= 15 is 0 Å². The van der Waals surface area contributed by atoms with Gasteiger partial charge in [-0.15, -0.1) is 5.76 Å². The van der Waals surface area contributed by atoms with Gasteiger partial charge in [0.25, 0.3) is 0 Å². The van der Waals surface area contributed by atoms with Crippen molar-refractivity contribution in [1.29, 1.82) is 0 Å². The molecule has 1 aromatic rings. The van der Waals surface area contributed by atoms with Gasteiger partial charge in [0.15, 0.2) is 0 Å². The molecule has 0 aromatic heterocycles. The van der Waals surface area contributed by atoms with E-state index in [-0.39, 0.29) is 24.6 Å². The predicted octanol–water partition coefficient (Wildman–Crippen LogP) is -1.27. The molecule has 0 aliphatic heterocycles. The topological polar surface area (TPSA) is 26.3 Å². The second-order valence-electron chi connectivity index (χ2n) is 3.35. The smallest absolute Gasteiger partial charge is 0.874 e. The van der Waals surface area contributed by atoms with Crippen molar-refractivity contribution in [2.45, 2.75) is 19.9 Å². The summed E-state index contributed by atoms with van der Waals surface area (Å²) in [7, 11) is 1.92. The van der Waals surface area contributed by atoms with Crippen LogP contribution in [0.4, 0.5) is 0 Å². The van der Waals surface area contributed by atoms with Gasteiger partial charge in [0, 0.05) is 13.6 Å². The molecule has 0 unspecified atom stereocenters. The van der Waals surface area contributed by atoms with Gasteiger partial charge in [0.05, 0.1) is 0 Å². The molecule has 1 aromatic carbocycles. The van der Waals surface area contributed by atoms with E-state index in [1.54, 1.807) is 6.20 Å². The van der Waals surface area contributed by atoms with Crippen molar-refractivity contribution < 1.29 is 24.0 Å². The van der Waals surface area contributed by atoms with Gasteiger partial charge in [-0.2, -0.15) is 0 Å². The average molecular weight is 197 g/mol. The zero-order valence-corrected chi connectivity index (χ0v) is 9.73. The van der Waals surface area contributed by atoms with Gasteiger partial charge in [0.1, 0.15) is 0 Å². The molecular weight excluding hydrogens is 181 g/mol. The monoisotopic (exact) mass is 197 g/mol. The van der Waals surface area contributed by atoms with Crippen LogP contribution in [0.1, 0.15) is 18.9 Å². The maximum atomic E-state index is 11.1. The minimum Gasteiger partial charge on any atom is -0.874 e. The Morgan fingerprint density at radius 1 is 1.33 bits per heavy atom. The van der Waals surface area contributed by atoms with Crippen LogP contribution in [-0.2, 0) is 6.54 Å². The molecule has 0 atom stereocenters. The Hall–Kier alpha value is -0.843. The third-order valence-corrected chi connectivity index (χ3v) is 1.99. The number of hydrogen-bond acceptors (Lipinski definition) is 2. The zero-order chi connectivity index (χ0) is 10.4. The third-order valence-electron chi connectivity index (χ3n) is 1.99. The first-order valence-electron chi connectivity index (χ1n) is 4.84. The Morgan fingerprint density at radius 2 is 1.93 bits per heavy atom. The van der Waals surface area contributed by atoms with Gasteiger partial charge < -0.3 is 10.0 Å².